The third kappa shape index (κ3) is 3.17. The highest BCUT2D eigenvalue weighted by Crippen LogP contribution is 2.24. The molecule has 5 nitrogen and oxygen atoms in total. The molecular weight excluding hydrogens is 316 g/mol. The third-order valence-electron chi connectivity index (χ3n) is 3.94. The Morgan fingerprint density at radius 1 is 1.00 bits per heavy atom. The zero-order valence-electron chi connectivity index (χ0n) is 14.0. The Bertz CT molecular complexity index is 967. The zero-order valence-corrected chi connectivity index (χ0v) is 14.0. The van der Waals surface area contributed by atoms with Gasteiger partial charge in [0.15, 0.2) is 0 Å². The van der Waals surface area contributed by atoms with Crippen LogP contribution in [0.4, 0.5) is 0 Å². The molecule has 0 spiro atoms. The van der Waals surface area contributed by atoms with E-state index >= 15 is 0 Å². The molecule has 0 unspecified atom stereocenters. The minimum Gasteiger partial charge on any atom is -0.466 e. The summed E-state index contributed by atoms with van der Waals surface area (Å²) < 4.78 is 8.02. The van der Waals surface area contributed by atoms with E-state index in [2.05, 4.69) is 4.74 Å². The molecule has 3 aromatic rings. The summed E-state index contributed by atoms with van der Waals surface area (Å²) in [5, 5.41) is 0. The van der Waals surface area contributed by atoms with Crippen LogP contribution in [-0.2, 0) is 16.6 Å². The molecule has 126 valence electrons. The SMILES string of the molecule is COC(=O)/C=C/c1c(-c2ccccc2)n(C)n(-c2ccccc2)c1=O. The molecule has 2 aromatic carbocycles. The zero-order chi connectivity index (χ0) is 17.8. The number of hydrogen-bond donors (Lipinski definition) is 0. The Balaban J connectivity index is 2.27. The molecule has 5 heteroatoms. The fourth-order valence-corrected chi connectivity index (χ4v) is 2.79. The first-order chi connectivity index (χ1) is 12.1. The van der Waals surface area contributed by atoms with Crippen molar-refractivity contribution in [3.8, 4) is 16.9 Å². The lowest BCUT2D eigenvalue weighted by molar-refractivity contribution is -0.134. The first kappa shape index (κ1) is 16.5. The second kappa shape index (κ2) is 7.05. The summed E-state index contributed by atoms with van der Waals surface area (Å²) in [6, 6.07) is 19.0. The molecule has 25 heavy (non-hydrogen) atoms. The summed E-state index contributed by atoms with van der Waals surface area (Å²) in [5.41, 5.74) is 2.61. The topological polar surface area (TPSA) is 53.2 Å². The van der Waals surface area contributed by atoms with Crippen LogP contribution in [0.3, 0.4) is 0 Å². The van der Waals surface area contributed by atoms with E-state index in [4.69, 9.17) is 0 Å². The van der Waals surface area contributed by atoms with Gasteiger partial charge in [-0.1, -0.05) is 48.5 Å². The van der Waals surface area contributed by atoms with Crippen molar-refractivity contribution in [3.63, 3.8) is 0 Å². The number of esters is 1. The Labute approximate surface area is 145 Å². The van der Waals surface area contributed by atoms with E-state index in [1.807, 2.05) is 67.7 Å². The minimum absolute atomic E-state index is 0.201. The van der Waals surface area contributed by atoms with Crippen molar-refractivity contribution in [1.29, 1.82) is 0 Å². The summed E-state index contributed by atoms with van der Waals surface area (Å²) in [4.78, 5) is 24.5. The van der Waals surface area contributed by atoms with Crippen molar-refractivity contribution in [2.24, 2.45) is 7.05 Å². The summed E-state index contributed by atoms with van der Waals surface area (Å²) in [6.45, 7) is 0. The molecule has 0 bridgehead atoms. The van der Waals surface area contributed by atoms with Gasteiger partial charge in [-0.3, -0.25) is 9.48 Å². The van der Waals surface area contributed by atoms with E-state index in [-0.39, 0.29) is 5.56 Å². The molecule has 0 atom stereocenters. The van der Waals surface area contributed by atoms with Gasteiger partial charge in [0.2, 0.25) is 0 Å². The number of rotatable bonds is 4. The van der Waals surface area contributed by atoms with Crippen LogP contribution in [0.5, 0.6) is 0 Å². The molecule has 1 heterocycles. The second-order valence-electron chi connectivity index (χ2n) is 5.46. The molecule has 0 saturated carbocycles. The van der Waals surface area contributed by atoms with Gasteiger partial charge in [0, 0.05) is 18.7 Å². The summed E-state index contributed by atoms with van der Waals surface area (Å²) in [7, 11) is 3.13. The smallest absolute Gasteiger partial charge is 0.330 e. The van der Waals surface area contributed by atoms with Crippen molar-refractivity contribution in [2.75, 3.05) is 7.11 Å². The number of carbonyl (C=O) groups excluding carboxylic acids is 1. The van der Waals surface area contributed by atoms with Crippen molar-refractivity contribution < 1.29 is 9.53 Å². The van der Waals surface area contributed by atoms with Crippen LogP contribution in [0.1, 0.15) is 5.56 Å². The number of methoxy groups -OCH3 is 1. The molecule has 0 radical (unpaired) electrons. The molecular formula is C20H18N2O3. The molecule has 1 aromatic heterocycles. The van der Waals surface area contributed by atoms with Crippen molar-refractivity contribution in [2.45, 2.75) is 0 Å². The summed E-state index contributed by atoms with van der Waals surface area (Å²) in [6.07, 6.45) is 2.77. The number of para-hydroxylation sites is 1. The largest absolute Gasteiger partial charge is 0.466 e. The van der Waals surface area contributed by atoms with Crippen molar-refractivity contribution in [1.82, 2.24) is 9.36 Å². The van der Waals surface area contributed by atoms with Crippen LogP contribution in [0.15, 0.2) is 71.5 Å². The Kier molecular flexibility index (Phi) is 4.66. The predicted molar refractivity (Wildman–Crippen MR) is 97.5 cm³/mol. The van der Waals surface area contributed by atoms with Gasteiger partial charge in [0.05, 0.1) is 24.1 Å². The third-order valence-corrected chi connectivity index (χ3v) is 3.94. The number of nitrogens with zero attached hydrogens (tertiary/aromatic N) is 2. The standard InChI is InChI=1S/C20H18N2O3/c1-21-19(15-9-5-3-6-10-15)17(13-14-18(23)25-2)20(24)22(21)16-11-7-4-8-12-16/h3-14H,1-2H3/b14-13+. The first-order valence-corrected chi connectivity index (χ1v) is 7.82. The van der Waals surface area contributed by atoms with Crippen LogP contribution < -0.4 is 5.56 Å². The average molecular weight is 334 g/mol. The monoisotopic (exact) mass is 334 g/mol. The van der Waals surface area contributed by atoms with Gasteiger partial charge >= 0.3 is 5.97 Å². The van der Waals surface area contributed by atoms with Crippen LogP contribution in [0, 0.1) is 0 Å². The number of benzene rings is 2. The fourth-order valence-electron chi connectivity index (χ4n) is 2.79. The second-order valence-corrected chi connectivity index (χ2v) is 5.46. The fraction of sp³-hybridized carbons (Fsp3) is 0.100. The van der Waals surface area contributed by atoms with Gasteiger partial charge in [0.25, 0.3) is 5.56 Å². The van der Waals surface area contributed by atoms with E-state index in [1.54, 1.807) is 9.36 Å². The van der Waals surface area contributed by atoms with Gasteiger partial charge in [-0.2, -0.15) is 0 Å². The van der Waals surface area contributed by atoms with E-state index in [0.717, 1.165) is 16.9 Å². The number of hydrogen-bond acceptors (Lipinski definition) is 3. The lowest BCUT2D eigenvalue weighted by atomic mass is 10.1. The predicted octanol–water partition coefficient (Wildman–Crippen LogP) is 3.03. The Hall–Kier alpha value is -3.34. The molecule has 3 rings (SSSR count). The van der Waals surface area contributed by atoms with Gasteiger partial charge in [-0.15, -0.1) is 0 Å². The molecule has 0 aliphatic rings. The number of aromatic nitrogens is 2. The van der Waals surface area contributed by atoms with E-state index in [0.29, 0.717) is 5.56 Å². The molecule has 0 saturated heterocycles. The van der Waals surface area contributed by atoms with Crippen LogP contribution in [0.2, 0.25) is 0 Å². The number of carbonyl (C=O) groups is 1. The lowest BCUT2D eigenvalue weighted by Gasteiger charge is -2.10. The number of ether oxygens (including phenoxy) is 1. The maximum absolute atomic E-state index is 13.0. The molecule has 0 N–H and O–H groups in total. The van der Waals surface area contributed by atoms with Crippen molar-refractivity contribution >= 4 is 12.0 Å². The summed E-state index contributed by atoms with van der Waals surface area (Å²) >= 11 is 0. The Morgan fingerprint density at radius 2 is 1.60 bits per heavy atom. The highest BCUT2D eigenvalue weighted by atomic mass is 16.5. The first-order valence-electron chi connectivity index (χ1n) is 7.82. The van der Waals surface area contributed by atoms with E-state index < -0.39 is 5.97 Å². The van der Waals surface area contributed by atoms with Gasteiger partial charge in [-0.05, 0) is 18.2 Å². The maximum atomic E-state index is 13.0. The highest BCUT2D eigenvalue weighted by molar-refractivity contribution is 5.88. The van der Waals surface area contributed by atoms with Gasteiger partial charge in [-0.25, -0.2) is 9.48 Å². The van der Waals surface area contributed by atoms with Crippen molar-refractivity contribution in [3.05, 3.63) is 82.7 Å². The molecule has 0 aliphatic heterocycles. The minimum atomic E-state index is -0.506. The molecule has 0 aliphatic carbocycles. The summed E-state index contributed by atoms with van der Waals surface area (Å²) in [5.74, 6) is -0.506. The highest BCUT2D eigenvalue weighted by Gasteiger charge is 2.18. The van der Waals surface area contributed by atoms with Crippen LogP contribution >= 0.6 is 0 Å². The van der Waals surface area contributed by atoms with Gasteiger partial charge in [0.1, 0.15) is 0 Å². The van der Waals surface area contributed by atoms with E-state index in [1.165, 1.54) is 19.3 Å². The van der Waals surface area contributed by atoms with E-state index in [9.17, 15) is 9.59 Å². The average Bonchev–Trinajstić information content (AvgIpc) is 2.91. The molecule has 0 fully saturated rings. The Morgan fingerprint density at radius 3 is 2.20 bits per heavy atom. The maximum Gasteiger partial charge on any atom is 0.330 e. The van der Waals surface area contributed by atoms with Crippen LogP contribution in [-0.4, -0.2) is 22.4 Å². The molecule has 0 amide bonds. The normalized spacial score (nSPS) is 11.0. The quantitative estimate of drug-likeness (QED) is 0.544. The lowest BCUT2D eigenvalue weighted by Crippen LogP contribution is -2.20. The van der Waals surface area contributed by atoms with Gasteiger partial charge < -0.3 is 4.74 Å². The van der Waals surface area contributed by atoms with Crippen LogP contribution in [0.25, 0.3) is 23.0 Å².